The van der Waals surface area contributed by atoms with Crippen molar-refractivity contribution in [1.82, 2.24) is 9.88 Å². The molecule has 2 heterocycles. The number of imide groups is 1. The number of piperidine rings is 1. The van der Waals surface area contributed by atoms with Gasteiger partial charge in [0.2, 0.25) is 11.8 Å². The number of rotatable bonds is 2. The second-order valence-electron chi connectivity index (χ2n) is 4.64. The van der Waals surface area contributed by atoms with Gasteiger partial charge in [-0.15, -0.1) is 0 Å². The molecule has 2 aromatic rings. The van der Waals surface area contributed by atoms with Crippen LogP contribution >= 0.6 is 0 Å². The van der Waals surface area contributed by atoms with Crippen LogP contribution in [0.4, 0.5) is 5.69 Å². The van der Waals surface area contributed by atoms with Crippen LogP contribution in [-0.4, -0.2) is 23.4 Å². The van der Waals surface area contributed by atoms with Gasteiger partial charge in [0.15, 0.2) is 5.58 Å². The van der Waals surface area contributed by atoms with Crippen LogP contribution in [0.15, 0.2) is 27.4 Å². The summed E-state index contributed by atoms with van der Waals surface area (Å²) in [5.74, 6) is -1.38. The summed E-state index contributed by atoms with van der Waals surface area (Å²) in [6.45, 7) is 0. The zero-order valence-corrected chi connectivity index (χ0v) is 10.8. The molecule has 1 aliphatic rings. The van der Waals surface area contributed by atoms with Crippen molar-refractivity contribution >= 4 is 28.6 Å². The van der Waals surface area contributed by atoms with E-state index < -0.39 is 17.7 Å². The summed E-state index contributed by atoms with van der Waals surface area (Å²) in [5.41, 5.74) is 1.76. The molecule has 7 heteroatoms. The number of aromatic nitrogens is 1. The van der Waals surface area contributed by atoms with Gasteiger partial charge in [0, 0.05) is 25.2 Å². The lowest BCUT2D eigenvalue weighted by Gasteiger charge is -2.21. The van der Waals surface area contributed by atoms with Gasteiger partial charge in [-0.25, -0.2) is 4.79 Å². The molecule has 0 saturated carbocycles. The van der Waals surface area contributed by atoms with Crippen LogP contribution in [0.1, 0.15) is 18.9 Å². The Morgan fingerprint density at radius 2 is 2.15 bits per heavy atom. The second kappa shape index (κ2) is 4.52. The van der Waals surface area contributed by atoms with Gasteiger partial charge >= 0.3 is 5.76 Å². The molecule has 7 nitrogen and oxygen atoms in total. The quantitative estimate of drug-likeness (QED) is 0.783. The molecule has 2 amide bonds. The van der Waals surface area contributed by atoms with Crippen LogP contribution in [-0.2, 0) is 9.59 Å². The van der Waals surface area contributed by atoms with Gasteiger partial charge in [-0.2, -0.15) is 0 Å². The van der Waals surface area contributed by atoms with Crippen LogP contribution in [0.5, 0.6) is 0 Å². The van der Waals surface area contributed by atoms with Gasteiger partial charge < -0.3 is 9.73 Å². The van der Waals surface area contributed by atoms with Crippen LogP contribution in [0.3, 0.4) is 0 Å². The van der Waals surface area contributed by atoms with E-state index in [1.165, 1.54) is 4.57 Å². The normalized spacial score (nSPS) is 19.1. The van der Waals surface area contributed by atoms with E-state index >= 15 is 0 Å². The van der Waals surface area contributed by atoms with Gasteiger partial charge in [-0.1, -0.05) is 0 Å². The fourth-order valence-corrected chi connectivity index (χ4v) is 2.42. The summed E-state index contributed by atoms with van der Waals surface area (Å²) in [6, 6.07) is 4.50. The lowest BCUT2D eigenvalue weighted by atomic mass is 10.1. The average molecular weight is 275 g/mol. The van der Waals surface area contributed by atoms with Crippen molar-refractivity contribution in [1.29, 1.82) is 0 Å². The van der Waals surface area contributed by atoms with Crippen LogP contribution in [0.25, 0.3) is 11.1 Å². The molecule has 1 aromatic heterocycles. The highest BCUT2D eigenvalue weighted by Crippen LogP contribution is 2.24. The molecule has 2 N–H and O–H groups in total. The van der Waals surface area contributed by atoms with E-state index in [1.807, 2.05) is 0 Å². The molecule has 1 atom stereocenters. The predicted octanol–water partition coefficient (Wildman–Crippen LogP) is 0.614. The average Bonchev–Trinajstić information content (AvgIpc) is 2.74. The Balaban J connectivity index is 2.12. The lowest BCUT2D eigenvalue weighted by Crippen LogP contribution is -2.43. The Morgan fingerprint density at radius 3 is 2.85 bits per heavy atom. The van der Waals surface area contributed by atoms with E-state index in [4.69, 9.17) is 4.42 Å². The van der Waals surface area contributed by atoms with Crippen molar-refractivity contribution in [2.75, 3.05) is 12.4 Å². The van der Waals surface area contributed by atoms with Crippen LogP contribution in [0.2, 0.25) is 0 Å². The number of nitrogens with zero attached hydrogens (tertiary/aromatic N) is 1. The highest BCUT2D eigenvalue weighted by Gasteiger charge is 2.31. The minimum absolute atomic E-state index is 0.212. The van der Waals surface area contributed by atoms with Crippen molar-refractivity contribution in [2.45, 2.75) is 18.9 Å². The van der Waals surface area contributed by atoms with Crippen molar-refractivity contribution in [2.24, 2.45) is 0 Å². The molecule has 0 spiro atoms. The molecule has 0 radical (unpaired) electrons. The second-order valence-corrected chi connectivity index (χ2v) is 4.64. The molecule has 0 bridgehead atoms. The summed E-state index contributed by atoms with van der Waals surface area (Å²) in [4.78, 5) is 35.0. The zero-order chi connectivity index (χ0) is 14.3. The van der Waals surface area contributed by atoms with Crippen molar-refractivity contribution in [3.63, 3.8) is 0 Å². The number of fused-ring (bicyclic) bond motifs is 1. The summed E-state index contributed by atoms with van der Waals surface area (Å²) in [6.07, 6.45) is 0.511. The van der Waals surface area contributed by atoms with Gasteiger partial charge in [0.25, 0.3) is 0 Å². The SMILES string of the molecule is CNc1ccc2c(c1)oc(=O)n2C1CCC(=O)NC1=O. The molecule has 20 heavy (non-hydrogen) atoms. The maximum atomic E-state index is 12.0. The Morgan fingerprint density at radius 1 is 1.35 bits per heavy atom. The molecular weight excluding hydrogens is 262 g/mol. The topological polar surface area (TPSA) is 93.3 Å². The number of carbonyl (C=O) groups is 2. The molecule has 104 valence electrons. The first-order valence-electron chi connectivity index (χ1n) is 6.26. The van der Waals surface area contributed by atoms with E-state index in [2.05, 4.69) is 10.6 Å². The predicted molar refractivity (Wildman–Crippen MR) is 71.4 cm³/mol. The Hall–Kier alpha value is -2.57. The third-order valence-electron chi connectivity index (χ3n) is 3.42. The summed E-state index contributed by atoms with van der Waals surface area (Å²) in [7, 11) is 1.76. The van der Waals surface area contributed by atoms with E-state index in [0.717, 1.165) is 5.69 Å². The summed E-state index contributed by atoms with van der Waals surface area (Å²) < 4.78 is 6.47. The number of nitrogens with one attached hydrogen (secondary N) is 2. The van der Waals surface area contributed by atoms with Crippen LogP contribution in [0, 0.1) is 0 Å². The Bertz CT molecular complexity index is 759. The number of benzene rings is 1. The summed E-state index contributed by atoms with van der Waals surface area (Å²) >= 11 is 0. The highest BCUT2D eigenvalue weighted by molar-refractivity contribution is 6.00. The fourth-order valence-electron chi connectivity index (χ4n) is 2.42. The minimum atomic E-state index is -0.707. The summed E-state index contributed by atoms with van der Waals surface area (Å²) in [5, 5.41) is 5.19. The standard InChI is InChI=1S/C13H13N3O4/c1-14-7-2-3-8-10(6-7)20-13(19)16(8)9-4-5-11(17)15-12(9)18/h2-3,6,9,14H,4-5H2,1H3,(H,15,17,18). The molecule has 1 aromatic carbocycles. The lowest BCUT2D eigenvalue weighted by molar-refractivity contribution is -0.135. The maximum Gasteiger partial charge on any atom is 0.420 e. The fraction of sp³-hybridized carbons (Fsp3) is 0.308. The molecule has 1 unspecified atom stereocenters. The Labute approximate surface area is 113 Å². The first kappa shape index (κ1) is 12.5. The van der Waals surface area contributed by atoms with Gasteiger partial charge in [-0.05, 0) is 18.6 Å². The first-order valence-corrected chi connectivity index (χ1v) is 6.26. The smallest absolute Gasteiger partial charge is 0.408 e. The minimum Gasteiger partial charge on any atom is -0.408 e. The van der Waals surface area contributed by atoms with Crippen LogP contribution < -0.4 is 16.4 Å². The molecular formula is C13H13N3O4. The van der Waals surface area contributed by atoms with E-state index in [-0.39, 0.29) is 12.3 Å². The molecule has 1 saturated heterocycles. The van der Waals surface area contributed by atoms with Gasteiger partial charge in [0.1, 0.15) is 6.04 Å². The third-order valence-corrected chi connectivity index (χ3v) is 3.42. The third kappa shape index (κ3) is 1.87. The first-order chi connectivity index (χ1) is 9.60. The van der Waals surface area contributed by atoms with E-state index in [0.29, 0.717) is 17.5 Å². The van der Waals surface area contributed by atoms with E-state index in [1.54, 1.807) is 25.2 Å². The number of carbonyl (C=O) groups excluding carboxylic acids is 2. The molecule has 0 aliphatic carbocycles. The van der Waals surface area contributed by atoms with Crippen molar-refractivity contribution in [3.8, 4) is 0 Å². The number of oxazole rings is 1. The highest BCUT2D eigenvalue weighted by atomic mass is 16.4. The maximum absolute atomic E-state index is 12.0. The zero-order valence-electron chi connectivity index (χ0n) is 10.8. The van der Waals surface area contributed by atoms with Crippen molar-refractivity contribution < 1.29 is 14.0 Å². The molecule has 3 rings (SSSR count). The monoisotopic (exact) mass is 275 g/mol. The van der Waals surface area contributed by atoms with Crippen molar-refractivity contribution in [3.05, 3.63) is 28.7 Å². The Kier molecular flexibility index (Phi) is 2.81. The van der Waals surface area contributed by atoms with Gasteiger partial charge in [-0.3, -0.25) is 19.5 Å². The molecule has 1 aliphatic heterocycles. The van der Waals surface area contributed by atoms with Gasteiger partial charge in [0.05, 0.1) is 5.52 Å². The van der Waals surface area contributed by atoms with E-state index in [9.17, 15) is 14.4 Å². The number of hydrogen-bond donors (Lipinski definition) is 2. The largest absolute Gasteiger partial charge is 0.420 e. The number of amides is 2. The number of anilines is 1. The molecule has 1 fully saturated rings. The number of hydrogen-bond acceptors (Lipinski definition) is 5.